The molecule has 3 nitrogen and oxygen atoms in total. The molecule has 0 radical (unpaired) electrons. The summed E-state index contributed by atoms with van der Waals surface area (Å²) in [6.45, 7) is 4.38. The lowest BCUT2D eigenvalue weighted by atomic mass is 9.99. The van der Waals surface area contributed by atoms with E-state index in [2.05, 4.69) is 26.0 Å². The number of anilines is 1. The first kappa shape index (κ1) is 14.0. The Kier molecular flexibility index (Phi) is 4.27. The third-order valence-corrected chi connectivity index (χ3v) is 3.44. The Morgan fingerprint density at radius 3 is 2.40 bits per heavy atom. The van der Waals surface area contributed by atoms with Crippen molar-refractivity contribution in [3.05, 3.63) is 53.6 Å². The van der Waals surface area contributed by atoms with Crippen molar-refractivity contribution >= 4 is 5.69 Å². The fourth-order valence-electron chi connectivity index (χ4n) is 1.93. The monoisotopic (exact) mass is 266 g/mol. The quantitative estimate of drug-likeness (QED) is 0.832. The van der Waals surface area contributed by atoms with E-state index in [0.717, 1.165) is 12.2 Å². The second kappa shape index (κ2) is 6.12. The molecular formula is C17H18N2O. The van der Waals surface area contributed by atoms with Crippen LogP contribution in [0.3, 0.4) is 0 Å². The Labute approximate surface area is 119 Å². The molecule has 0 aliphatic heterocycles. The first-order valence-corrected chi connectivity index (χ1v) is 6.71. The van der Waals surface area contributed by atoms with Gasteiger partial charge in [0.2, 0.25) is 0 Å². The summed E-state index contributed by atoms with van der Waals surface area (Å²) in [5, 5.41) is 8.95. The van der Waals surface area contributed by atoms with Gasteiger partial charge in [-0.05, 0) is 42.2 Å². The van der Waals surface area contributed by atoms with Gasteiger partial charge in [-0.15, -0.1) is 0 Å². The zero-order chi connectivity index (χ0) is 14.5. The molecule has 0 spiro atoms. The molecule has 1 unspecified atom stereocenters. The van der Waals surface area contributed by atoms with Crippen LogP contribution in [-0.2, 0) is 0 Å². The van der Waals surface area contributed by atoms with Gasteiger partial charge in [0, 0.05) is 11.8 Å². The number of nitriles is 1. The molecule has 1 atom stereocenters. The van der Waals surface area contributed by atoms with Crippen LogP contribution in [-0.4, -0.2) is 0 Å². The highest BCUT2D eigenvalue weighted by molar-refractivity contribution is 5.57. The molecule has 20 heavy (non-hydrogen) atoms. The molecule has 2 rings (SSSR count). The Morgan fingerprint density at radius 2 is 1.80 bits per heavy atom. The van der Waals surface area contributed by atoms with Crippen molar-refractivity contribution in [2.45, 2.75) is 26.2 Å². The van der Waals surface area contributed by atoms with Gasteiger partial charge in [0.15, 0.2) is 0 Å². The molecule has 2 N–H and O–H groups in total. The first-order chi connectivity index (χ1) is 9.63. The predicted octanol–water partition coefficient (Wildman–Crippen LogP) is 4.45. The van der Waals surface area contributed by atoms with E-state index >= 15 is 0 Å². The van der Waals surface area contributed by atoms with Crippen molar-refractivity contribution in [2.75, 3.05) is 5.73 Å². The van der Waals surface area contributed by atoms with Gasteiger partial charge in [-0.2, -0.15) is 5.26 Å². The fraction of sp³-hybridized carbons (Fsp3) is 0.235. The Morgan fingerprint density at radius 1 is 1.15 bits per heavy atom. The smallest absolute Gasteiger partial charge is 0.128 e. The van der Waals surface area contributed by atoms with Crippen LogP contribution in [0.1, 0.15) is 37.3 Å². The van der Waals surface area contributed by atoms with Gasteiger partial charge in [-0.25, -0.2) is 0 Å². The normalized spacial score (nSPS) is 11.7. The van der Waals surface area contributed by atoms with Crippen molar-refractivity contribution in [1.82, 2.24) is 0 Å². The summed E-state index contributed by atoms with van der Waals surface area (Å²) >= 11 is 0. The molecule has 0 saturated heterocycles. The summed E-state index contributed by atoms with van der Waals surface area (Å²) < 4.78 is 5.74. The molecule has 3 heteroatoms. The second-order valence-corrected chi connectivity index (χ2v) is 4.84. The summed E-state index contributed by atoms with van der Waals surface area (Å²) in [6.07, 6.45) is 1.11. The molecule has 0 saturated carbocycles. The molecule has 0 fully saturated rings. The van der Waals surface area contributed by atoms with Gasteiger partial charge in [0.05, 0.1) is 5.56 Å². The van der Waals surface area contributed by atoms with E-state index in [-0.39, 0.29) is 0 Å². The molecule has 2 aromatic rings. The van der Waals surface area contributed by atoms with Gasteiger partial charge >= 0.3 is 0 Å². The minimum absolute atomic E-state index is 0.429. The molecule has 2 aromatic carbocycles. The summed E-state index contributed by atoms with van der Waals surface area (Å²) in [7, 11) is 0. The van der Waals surface area contributed by atoms with Crippen molar-refractivity contribution in [3.8, 4) is 17.6 Å². The molecule has 0 aliphatic rings. The van der Waals surface area contributed by atoms with E-state index in [1.165, 1.54) is 5.56 Å². The molecule has 102 valence electrons. The summed E-state index contributed by atoms with van der Waals surface area (Å²) in [5.41, 5.74) is 7.88. The van der Waals surface area contributed by atoms with Crippen molar-refractivity contribution in [3.63, 3.8) is 0 Å². The number of nitrogens with zero attached hydrogens (tertiary/aromatic N) is 1. The van der Waals surface area contributed by atoms with Crippen molar-refractivity contribution < 1.29 is 4.74 Å². The SMILES string of the molecule is CCC(C)c1ccc(Oc2ccc(N)c(C#N)c2)cc1. The maximum absolute atomic E-state index is 8.95. The molecular weight excluding hydrogens is 248 g/mol. The Hall–Kier alpha value is -2.47. The highest BCUT2D eigenvalue weighted by Crippen LogP contribution is 2.27. The fourth-order valence-corrected chi connectivity index (χ4v) is 1.93. The van der Waals surface area contributed by atoms with Crippen LogP contribution in [0.5, 0.6) is 11.5 Å². The molecule has 0 amide bonds. The number of nitrogens with two attached hydrogens (primary N) is 1. The lowest BCUT2D eigenvalue weighted by Crippen LogP contribution is -1.93. The maximum atomic E-state index is 8.95. The average Bonchev–Trinajstić information content (AvgIpc) is 2.49. The molecule has 0 aliphatic carbocycles. The van der Waals surface area contributed by atoms with Crippen molar-refractivity contribution in [2.24, 2.45) is 0 Å². The maximum Gasteiger partial charge on any atom is 0.128 e. The van der Waals surface area contributed by atoms with Crippen LogP contribution in [0.4, 0.5) is 5.69 Å². The number of hydrogen-bond donors (Lipinski definition) is 1. The van der Waals surface area contributed by atoms with Crippen LogP contribution >= 0.6 is 0 Å². The summed E-state index contributed by atoms with van der Waals surface area (Å²) in [4.78, 5) is 0. The third-order valence-electron chi connectivity index (χ3n) is 3.44. The van der Waals surface area contributed by atoms with E-state index in [9.17, 15) is 0 Å². The van der Waals surface area contributed by atoms with Gasteiger partial charge in [0.25, 0.3) is 0 Å². The highest BCUT2D eigenvalue weighted by atomic mass is 16.5. The molecule has 0 aromatic heterocycles. The largest absolute Gasteiger partial charge is 0.457 e. The van der Waals surface area contributed by atoms with E-state index in [1.54, 1.807) is 18.2 Å². The topological polar surface area (TPSA) is 59.0 Å². The number of nitrogen functional groups attached to an aromatic ring is 1. The lowest BCUT2D eigenvalue weighted by molar-refractivity contribution is 0.482. The molecule has 0 heterocycles. The van der Waals surface area contributed by atoms with Gasteiger partial charge in [0.1, 0.15) is 17.6 Å². The number of hydrogen-bond acceptors (Lipinski definition) is 3. The van der Waals surface area contributed by atoms with E-state index in [1.807, 2.05) is 18.2 Å². The zero-order valence-corrected chi connectivity index (χ0v) is 11.8. The molecule has 0 bridgehead atoms. The van der Waals surface area contributed by atoms with E-state index in [0.29, 0.717) is 22.9 Å². The van der Waals surface area contributed by atoms with Crippen LogP contribution in [0.2, 0.25) is 0 Å². The number of rotatable bonds is 4. The zero-order valence-electron chi connectivity index (χ0n) is 11.8. The highest BCUT2D eigenvalue weighted by Gasteiger charge is 2.05. The van der Waals surface area contributed by atoms with E-state index < -0.39 is 0 Å². The van der Waals surface area contributed by atoms with Crippen LogP contribution in [0.15, 0.2) is 42.5 Å². The van der Waals surface area contributed by atoms with Crippen molar-refractivity contribution in [1.29, 1.82) is 5.26 Å². The minimum Gasteiger partial charge on any atom is -0.457 e. The predicted molar refractivity (Wildman–Crippen MR) is 80.8 cm³/mol. The van der Waals surface area contributed by atoms with E-state index in [4.69, 9.17) is 15.7 Å². The lowest BCUT2D eigenvalue weighted by Gasteiger charge is -2.11. The number of ether oxygens (including phenoxy) is 1. The van der Waals surface area contributed by atoms with Gasteiger partial charge in [-0.3, -0.25) is 0 Å². The van der Waals surface area contributed by atoms with Crippen LogP contribution in [0, 0.1) is 11.3 Å². The van der Waals surface area contributed by atoms with Crippen LogP contribution < -0.4 is 10.5 Å². The summed E-state index contributed by atoms with van der Waals surface area (Å²) in [6, 6.07) is 15.2. The average molecular weight is 266 g/mol. The first-order valence-electron chi connectivity index (χ1n) is 6.71. The minimum atomic E-state index is 0.429. The Bertz CT molecular complexity index is 626. The standard InChI is InChI=1S/C17H18N2O/c1-3-12(2)13-4-6-15(7-5-13)20-16-8-9-17(19)14(10-16)11-18/h4-10,12H,3,19H2,1-2H3. The van der Waals surface area contributed by atoms with Gasteiger partial charge < -0.3 is 10.5 Å². The van der Waals surface area contributed by atoms with Crippen LogP contribution in [0.25, 0.3) is 0 Å². The number of benzene rings is 2. The summed E-state index contributed by atoms with van der Waals surface area (Å²) in [5.74, 6) is 1.92. The third kappa shape index (κ3) is 3.10. The Balaban J connectivity index is 2.16. The van der Waals surface area contributed by atoms with Gasteiger partial charge in [-0.1, -0.05) is 26.0 Å². The second-order valence-electron chi connectivity index (χ2n) is 4.84.